The summed E-state index contributed by atoms with van der Waals surface area (Å²) in [6, 6.07) is 4.57. The molecule has 16 nitrogen and oxygen atoms in total. The minimum atomic E-state index is -1.04. The van der Waals surface area contributed by atoms with Crippen LogP contribution < -0.4 is 15.4 Å². The van der Waals surface area contributed by atoms with Gasteiger partial charge in [0.2, 0.25) is 11.8 Å². The molecule has 5 amide bonds. The number of carbonyl (C=O) groups is 7. The maximum absolute atomic E-state index is 13.4. The number of nitrogens with zero attached hydrogens (tertiary/aromatic N) is 2. The second kappa shape index (κ2) is 27.1. The van der Waals surface area contributed by atoms with Gasteiger partial charge in [0.15, 0.2) is 5.78 Å². The van der Waals surface area contributed by atoms with Gasteiger partial charge in [-0.3, -0.25) is 28.9 Å². The maximum atomic E-state index is 13.4. The van der Waals surface area contributed by atoms with Crippen LogP contribution in [-0.2, 0) is 49.4 Å². The highest BCUT2D eigenvalue weighted by Gasteiger charge is 2.63. The molecule has 1 aromatic carbocycles. The molecule has 0 spiro atoms. The molecular formula is C47H67ClN4O12. The Morgan fingerprint density at radius 2 is 1.77 bits per heavy atom. The summed E-state index contributed by atoms with van der Waals surface area (Å²) < 4.78 is 23.1. The average Bonchev–Trinajstić information content (AvgIpc) is 3.87. The molecule has 3 N–H and O–H groups in total. The van der Waals surface area contributed by atoms with Crippen LogP contribution in [0.25, 0.3) is 0 Å². The number of imide groups is 1. The molecule has 0 aromatic heterocycles. The Bertz CT molecular complexity index is 1900. The Labute approximate surface area is 382 Å². The number of benzene rings is 1. The number of hydrogen-bond acceptors (Lipinski definition) is 12. The molecule has 0 radical (unpaired) electrons. The summed E-state index contributed by atoms with van der Waals surface area (Å²) in [5.41, 5.74) is 1.17. The van der Waals surface area contributed by atoms with Gasteiger partial charge in [-0.1, -0.05) is 60.9 Å². The number of methoxy groups -OCH3 is 1. The number of amides is 5. The zero-order chi connectivity index (χ0) is 48.1. The number of nitrogens with one attached hydrogen (secondary N) is 2. The van der Waals surface area contributed by atoms with E-state index < -0.39 is 42.0 Å². The van der Waals surface area contributed by atoms with Crippen LogP contribution in [0.4, 0.5) is 4.79 Å². The molecule has 64 heavy (non-hydrogen) atoms. The molecule has 3 unspecified atom stereocenters. The first-order valence-electron chi connectivity index (χ1n) is 21.4. The topological polar surface area (TPSA) is 210 Å². The molecule has 0 bridgehead atoms. The average molecular weight is 916 g/mol. The van der Waals surface area contributed by atoms with Crippen LogP contribution in [0.1, 0.15) is 92.1 Å². The SMILES string of the molecule is C/C=C\C(C)=O.CNC(=O)C[C@H](OC(=O)[C@@H](C)N(C)C(=O)CCCCCN1C(=O)C=CC1=O)C1(C)O[C@H]1[C@H](C)C1CC(C/C=C/C=C(\C)Cc2ccc(Cl)c(OC)c2)NC(=O)O1.CO. The number of esters is 1. The van der Waals surface area contributed by atoms with Crippen LogP contribution in [-0.4, -0.2) is 127 Å². The quantitative estimate of drug-likeness (QED) is 0.0345. The van der Waals surface area contributed by atoms with E-state index in [9.17, 15) is 33.6 Å². The number of ether oxygens (including phenoxy) is 4. The van der Waals surface area contributed by atoms with E-state index in [1.54, 1.807) is 27.0 Å². The van der Waals surface area contributed by atoms with Crippen LogP contribution in [0.5, 0.6) is 5.75 Å². The van der Waals surface area contributed by atoms with Gasteiger partial charge in [0.25, 0.3) is 11.8 Å². The van der Waals surface area contributed by atoms with Crippen molar-refractivity contribution in [2.75, 3.05) is 34.9 Å². The van der Waals surface area contributed by atoms with E-state index in [1.807, 2.05) is 57.2 Å². The predicted octanol–water partition coefficient (Wildman–Crippen LogP) is 5.58. The third-order valence-electron chi connectivity index (χ3n) is 11.1. The van der Waals surface area contributed by atoms with E-state index in [1.165, 1.54) is 44.1 Å². The molecule has 354 valence electrons. The Morgan fingerprint density at radius 1 is 1.09 bits per heavy atom. The lowest BCUT2D eigenvalue weighted by molar-refractivity contribution is -0.162. The van der Waals surface area contributed by atoms with Gasteiger partial charge >= 0.3 is 12.1 Å². The third kappa shape index (κ3) is 17.0. The number of alkyl carbamates (subject to hydrolysis) is 1. The largest absolute Gasteiger partial charge is 0.495 e. The van der Waals surface area contributed by atoms with Crippen molar-refractivity contribution >= 4 is 53.1 Å². The van der Waals surface area contributed by atoms with Crippen molar-refractivity contribution in [1.82, 2.24) is 20.4 Å². The molecule has 3 heterocycles. The van der Waals surface area contributed by atoms with Crippen molar-refractivity contribution in [3.05, 3.63) is 76.9 Å². The predicted molar refractivity (Wildman–Crippen MR) is 242 cm³/mol. The highest BCUT2D eigenvalue weighted by molar-refractivity contribution is 6.32. The molecular weight excluding hydrogens is 848 g/mol. The van der Waals surface area contributed by atoms with E-state index in [0.717, 1.165) is 29.6 Å². The zero-order valence-electron chi connectivity index (χ0n) is 38.8. The number of aliphatic hydroxyl groups excluding tert-OH is 1. The Hall–Kier alpha value is -5.32. The maximum Gasteiger partial charge on any atom is 0.407 e. The number of epoxide rings is 1. The van der Waals surface area contributed by atoms with E-state index in [0.29, 0.717) is 42.9 Å². The van der Waals surface area contributed by atoms with Crippen LogP contribution in [0.3, 0.4) is 0 Å². The fraction of sp³-hybridized carbons (Fsp3) is 0.553. The number of aliphatic hydroxyl groups is 1. The number of halogens is 1. The van der Waals surface area contributed by atoms with Gasteiger partial charge in [-0.25, -0.2) is 9.59 Å². The molecule has 17 heteroatoms. The molecule has 2 fully saturated rings. The summed E-state index contributed by atoms with van der Waals surface area (Å²) in [6.45, 7) is 10.9. The first kappa shape index (κ1) is 54.8. The summed E-state index contributed by atoms with van der Waals surface area (Å²) in [4.78, 5) is 87.4. The van der Waals surface area contributed by atoms with Crippen molar-refractivity contribution in [3.63, 3.8) is 0 Å². The van der Waals surface area contributed by atoms with E-state index in [4.69, 9.17) is 35.7 Å². The van der Waals surface area contributed by atoms with Crippen LogP contribution in [0, 0.1) is 5.92 Å². The van der Waals surface area contributed by atoms with Crippen LogP contribution in [0.15, 0.2) is 66.3 Å². The second-order valence-corrected chi connectivity index (χ2v) is 16.4. The lowest BCUT2D eigenvalue weighted by Gasteiger charge is -2.33. The van der Waals surface area contributed by atoms with Crippen LogP contribution in [0.2, 0.25) is 5.02 Å². The number of unbranched alkanes of at least 4 members (excludes halogenated alkanes) is 2. The normalized spacial score (nSPS) is 21.7. The van der Waals surface area contributed by atoms with Gasteiger partial charge in [0.05, 0.1) is 24.7 Å². The summed E-state index contributed by atoms with van der Waals surface area (Å²) in [5.74, 6) is -1.53. The molecule has 7 atom stereocenters. The van der Waals surface area contributed by atoms with Crippen LogP contribution >= 0.6 is 11.6 Å². The second-order valence-electron chi connectivity index (χ2n) is 16.0. The number of allylic oxidation sites excluding steroid dienone is 5. The summed E-state index contributed by atoms with van der Waals surface area (Å²) >= 11 is 6.15. The highest BCUT2D eigenvalue weighted by Crippen LogP contribution is 2.48. The molecule has 1 aromatic rings. The molecule has 2 saturated heterocycles. The monoisotopic (exact) mass is 914 g/mol. The lowest BCUT2D eigenvalue weighted by Crippen LogP contribution is -2.49. The zero-order valence-corrected chi connectivity index (χ0v) is 39.6. The first-order valence-corrected chi connectivity index (χ1v) is 21.8. The number of carbonyl (C=O) groups excluding carboxylic acids is 7. The summed E-state index contributed by atoms with van der Waals surface area (Å²) in [7, 11) is 5.59. The van der Waals surface area contributed by atoms with Gasteiger partial charge in [-0.2, -0.15) is 0 Å². The van der Waals surface area contributed by atoms with Gasteiger partial charge in [0.1, 0.15) is 29.6 Å². The first-order chi connectivity index (χ1) is 30.3. The van der Waals surface area contributed by atoms with E-state index >= 15 is 0 Å². The van der Waals surface area contributed by atoms with Gasteiger partial charge in [-0.15, -0.1) is 0 Å². The summed E-state index contributed by atoms with van der Waals surface area (Å²) in [6.07, 6.45) is 12.8. The smallest absolute Gasteiger partial charge is 0.407 e. The fourth-order valence-electron chi connectivity index (χ4n) is 7.23. The Kier molecular flexibility index (Phi) is 23.2. The van der Waals surface area contributed by atoms with Crippen molar-refractivity contribution in [1.29, 1.82) is 0 Å². The van der Waals surface area contributed by atoms with E-state index in [-0.39, 0.29) is 60.8 Å². The molecule has 0 aliphatic carbocycles. The minimum absolute atomic E-state index is 0.109. The van der Waals surface area contributed by atoms with Crippen molar-refractivity contribution < 1.29 is 57.6 Å². The minimum Gasteiger partial charge on any atom is -0.495 e. The fourth-order valence-corrected chi connectivity index (χ4v) is 7.42. The van der Waals surface area contributed by atoms with Crippen molar-refractivity contribution in [2.45, 2.75) is 129 Å². The van der Waals surface area contributed by atoms with Crippen molar-refractivity contribution in [2.24, 2.45) is 5.92 Å². The highest BCUT2D eigenvalue weighted by atomic mass is 35.5. The Morgan fingerprint density at radius 3 is 2.36 bits per heavy atom. The number of rotatable bonds is 21. The molecule has 3 aliphatic heterocycles. The Balaban J connectivity index is 0.00000162. The molecule has 4 rings (SSSR count). The molecule has 0 saturated carbocycles. The summed E-state index contributed by atoms with van der Waals surface area (Å²) in [5, 5.41) is 13.0. The number of likely N-dealkylation sites (N-methyl/N-ethyl adjacent to an activating group) is 1. The number of cyclic esters (lactones) is 1. The van der Waals surface area contributed by atoms with E-state index in [2.05, 4.69) is 10.6 Å². The van der Waals surface area contributed by atoms with Crippen molar-refractivity contribution in [3.8, 4) is 5.75 Å². The lowest BCUT2D eigenvalue weighted by atomic mass is 9.85. The van der Waals surface area contributed by atoms with Gasteiger partial charge in [-0.05, 0) is 84.1 Å². The molecule has 3 aliphatic rings. The third-order valence-corrected chi connectivity index (χ3v) is 11.4. The standard InChI is InChI=1S/C41H55ClN4O10.C5H8O.CH4O/c1-25(21-28-16-17-30(42)32(22-28)53-7)13-10-11-14-29-23-31(54-40(52)44-29)26(2)38-41(4,56-38)33(24-34(47)43-5)55-39(51)27(3)45(6)35(48)15-9-8-12-20-46-36(49)18-19-37(46)50;1-3-4-5(2)6;1-2/h10-11,13,16-19,22,26-27,29,31,33,38H,8-9,12,14-15,20-21,23-24H2,1-7H3,(H,43,47)(H,44,52);3-4H,1-2H3;2H,1H3/b11-10+,25-13+;4-3-;/t26-,27-,29?,31?,33+,38+,41?;;/m1../s1. The van der Waals surface area contributed by atoms with Gasteiger partial charge in [0, 0.05) is 64.7 Å². The van der Waals surface area contributed by atoms with Gasteiger partial charge < -0.3 is 39.6 Å². The number of ketones is 1. The number of hydrogen-bond donors (Lipinski definition) is 3.